The van der Waals surface area contributed by atoms with Crippen molar-refractivity contribution >= 4 is 17.2 Å². The molecular formula is C20H15FN2O3. The average molecular weight is 350 g/mol. The maximum Gasteiger partial charge on any atom is 0.152 e. The minimum atomic E-state index is -0.601. The highest BCUT2D eigenvalue weighted by atomic mass is 19.1. The van der Waals surface area contributed by atoms with Crippen molar-refractivity contribution in [3.05, 3.63) is 65.3 Å². The van der Waals surface area contributed by atoms with Crippen molar-refractivity contribution in [2.24, 2.45) is 0 Å². The van der Waals surface area contributed by atoms with Gasteiger partial charge in [0.25, 0.3) is 0 Å². The van der Waals surface area contributed by atoms with Gasteiger partial charge >= 0.3 is 0 Å². The number of aldehydes is 1. The molecule has 4 aromatic rings. The van der Waals surface area contributed by atoms with Gasteiger partial charge in [0.05, 0.1) is 28.2 Å². The third-order valence-electron chi connectivity index (χ3n) is 4.47. The van der Waals surface area contributed by atoms with Crippen LogP contribution < -0.4 is 0 Å². The molecule has 0 spiro atoms. The molecule has 2 aromatic carbocycles. The maximum atomic E-state index is 14.7. The van der Waals surface area contributed by atoms with E-state index >= 15 is 0 Å². The third kappa shape index (κ3) is 2.23. The van der Waals surface area contributed by atoms with Crippen LogP contribution in [-0.4, -0.2) is 21.1 Å². The molecule has 130 valence electrons. The predicted octanol–water partition coefficient (Wildman–Crippen LogP) is 4.56. The quantitative estimate of drug-likeness (QED) is 0.550. The van der Waals surface area contributed by atoms with Gasteiger partial charge in [-0.15, -0.1) is 0 Å². The van der Waals surface area contributed by atoms with E-state index in [-0.39, 0.29) is 11.4 Å². The van der Waals surface area contributed by atoms with Gasteiger partial charge in [0.1, 0.15) is 11.5 Å². The van der Waals surface area contributed by atoms with E-state index in [0.29, 0.717) is 39.2 Å². The highest BCUT2D eigenvalue weighted by Gasteiger charge is 2.25. The number of para-hydroxylation sites is 1. The fourth-order valence-corrected chi connectivity index (χ4v) is 3.38. The van der Waals surface area contributed by atoms with Crippen LogP contribution in [0, 0.1) is 19.7 Å². The van der Waals surface area contributed by atoms with Crippen molar-refractivity contribution in [2.45, 2.75) is 13.8 Å². The Morgan fingerprint density at radius 3 is 2.62 bits per heavy atom. The summed E-state index contributed by atoms with van der Waals surface area (Å²) in [4.78, 5) is 11.9. The number of aromatic nitrogens is 2. The molecule has 5 nitrogen and oxygen atoms in total. The number of carbonyl (C=O) groups excluding carboxylic acids is 1. The SMILES string of the molecule is Cc1noc(C)c1-c1c(C=O)c2ccccc2n1-c1ccc(O)cc1F. The molecule has 6 heteroatoms. The molecule has 26 heavy (non-hydrogen) atoms. The summed E-state index contributed by atoms with van der Waals surface area (Å²) < 4.78 is 21.6. The van der Waals surface area contributed by atoms with Crippen LogP contribution >= 0.6 is 0 Å². The lowest BCUT2D eigenvalue weighted by atomic mass is 10.0. The van der Waals surface area contributed by atoms with Crippen molar-refractivity contribution in [3.8, 4) is 22.7 Å². The highest BCUT2D eigenvalue weighted by molar-refractivity contribution is 6.06. The van der Waals surface area contributed by atoms with Crippen molar-refractivity contribution in [1.29, 1.82) is 0 Å². The number of benzene rings is 2. The Balaban J connectivity index is 2.22. The minimum absolute atomic E-state index is 0.169. The van der Waals surface area contributed by atoms with Crippen LogP contribution in [0.4, 0.5) is 4.39 Å². The number of halogens is 1. The summed E-state index contributed by atoms with van der Waals surface area (Å²) in [6, 6.07) is 11.2. The first-order valence-electron chi connectivity index (χ1n) is 8.03. The van der Waals surface area contributed by atoms with E-state index in [1.165, 1.54) is 12.1 Å². The lowest BCUT2D eigenvalue weighted by molar-refractivity contribution is 0.112. The molecule has 0 saturated heterocycles. The Hall–Kier alpha value is -3.41. The van der Waals surface area contributed by atoms with Crippen LogP contribution in [0.2, 0.25) is 0 Å². The highest BCUT2D eigenvalue weighted by Crippen LogP contribution is 2.39. The average Bonchev–Trinajstić information content (AvgIpc) is 3.11. The third-order valence-corrected chi connectivity index (χ3v) is 4.47. The number of aryl methyl sites for hydroxylation is 2. The Morgan fingerprint density at radius 1 is 1.19 bits per heavy atom. The van der Waals surface area contributed by atoms with Gasteiger partial charge in [-0.25, -0.2) is 4.39 Å². The second-order valence-corrected chi connectivity index (χ2v) is 6.07. The van der Waals surface area contributed by atoms with E-state index in [1.807, 2.05) is 24.3 Å². The molecule has 0 saturated carbocycles. The largest absolute Gasteiger partial charge is 0.508 e. The molecule has 2 heterocycles. The normalized spacial score (nSPS) is 11.2. The van der Waals surface area contributed by atoms with Crippen molar-refractivity contribution in [2.75, 3.05) is 0 Å². The van der Waals surface area contributed by atoms with Crippen LogP contribution in [0.15, 0.2) is 47.0 Å². The molecule has 0 unspecified atom stereocenters. The number of phenolic OH excluding ortho intramolecular Hbond substituents is 1. The summed E-state index contributed by atoms with van der Waals surface area (Å²) in [6.45, 7) is 3.52. The van der Waals surface area contributed by atoms with Gasteiger partial charge in [-0.05, 0) is 32.0 Å². The summed E-state index contributed by atoms with van der Waals surface area (Å²) in [7, 11) is 0. The van der Waals surface area contributed by atoms with Gasteiger partial charge in [0.15, 0.2) is 12.1 Å². The molecular weight excluding hydrogens is 335 g/mol. The summed E-state index contributed by atoms with van der Waals surface area (Å²) >= 11 is 0. The Kier molecular flexibility index (Phi) is 3.61. The molecule has 0 bridgehead atoms. The topological polar surface area (TPSA) is 68.3 Å². The number of hydrogen-bond donors (Lipinski definition) is 1. The van der Waals surface area contributed by atoms with Crippen LogP contribution in [0.25, 0.3) is 27.8 Å². The summed E-state index contributed by atoms with van der Waals surface area (Å²) in [5.41, 5.74) is 3.10. The zero-order chi connectivity index (χ0) is 18.4. The van der Waals surface area contributed by atoms with Crippen LogP contribution in [-0.2, 0) is 0 Å². The zero-order valence-corrected chi connectivity index (χ0v) is 14.2. The van der Waals surface area contributed by atoms with Gasteiger partial charge in [0, 0.05) is 17.0 Å². The van der Waals surface area contributed by atoms with E-state index < -0.39 is 5.82 Å². The standard InChI is InChI=1S/C20H15FN2O3/c1-11-19(12(2)26-22-11)20-15(10-24)14-5-3-4-6-17(14)23(20)18-8-7-13(25)9-16(18)21/h3-10,25H,1-2H3. The molecule has 0 amide bonds. The van der Waals surface area contributed by atoms with E-state index in [9.17, 15) is 14.3 Å². The van der Waals surface area contributed by atoms with Gasteiger partial charge in [-0.2, -0.15) is 0 Å². The van der Waals surface area contributed by atoms with E-state index in [0.717, 1.165) is 12.4 Å². The molecule has 0 radical (unpaired) electrons. The first kappa shape index (κ1) is 16.1. The molecule has 0 fully saturated rings. The number of hydrogen-bond acceptors (Lipinski definition) is 4. The van der Waals surface area contributed by atoms with E-state index in [1.54, 1.807) is 18.4 Å². The summed E-state index contributed by atoms with van der Waals surface area (Å²) in [5, 5.41) is 14.2. The zero-order valence-electron chi connectivity index (χ0n) is 14.2. The number of aromatic hydroxyl groups is 1. The fraction of sp³-hybridized carbons (Fsp3) is 0.100. The van der Waals surface area contributed by atoms with Crippen molar-refractivity contribution < 1.29 is 18.8 Å². The Morgan fingerprint density at radius 2 is 1.96 bits per heavy atom. The van der Waals surface area contributed by atoms with Gasteiger partial charge in [-0.1, -0.05) is 23.4 Å². The van der Waals surface area contributed by atoms with Crippen molar-refractivity contribution in [3.63, 3.8) is 0 Å². The summed E-state index contributed by atoms with van der Waals surface area (Å²) in [5.74, 6) is -0.234. The summed E-state index contributed by atoms with van der Waals surface area (Å²) in [6.07, 6.45) is 0.762. The number of rotatable bonds is 3. The predicted molar refractivity (Wildman–Crippen MR) is 95.3 cm³/mol. The van der Waals surface area contributed by atoms with Crippen LogP contribution in [0.1, 0.15) is 21.8 Å². The molecule has 0 atom stereocenters. The maximum absolute atomic E-state index is 14.7. The monoisotopic (exact) mass is 350 g/mol. The lowest BCUT2D eigenvalue weighted by Gasteiger charge is -2.12. The van der Waals surface area contributed by atoms with Gasteiger partial charge < -0.3 is 14.2 Å². The van der Waals surface area contributed by atoms with Gasteiger partial charge in [-0.3, -0.25) is 4.79 Å². The molecule has 4 rings (SSSR count). The Labute approximate surface area is 148 Å². The first-order chi connectivity index (χ1) is 12.5. The minimum Gasteiger partial charge on any atom is -0.508 e. The fourth-order valence-electron chi connectivity index (χ4n) is 3.38. The molecule has 0 aliphatic carbocycles. The molecule has 0 aliphatic rings. The number of nitrogens with zero attached hydrogens (tertiary/aromatic N) is 2. The molecule has 1 N–H and O–H groups in total. The number of fused-ring (bicyclic) bond motifs is 1. The lowest BCUT2D eigenvalue weighted by Crippen LogP contribution is -2.02. The smallest absolute Gasteiger partial charge is 0.152 e. The van der Waals surface area contributed by atoms with Crippen molar-refractivity contribution in [1.82, 2.24) is 9.72 Å². The first-order valence-corrected chi connectivity index (χ1v) is 8.03. The second kappa shape index (κ2) is 5.84. The molecule has 0 aliphatic heterocycles. The van der Waals surface area contributed by atoms with Crippen LogP contribution in [0.5, 0.6) is 5.75 Å². The number of phenols is 1. The second-order valence-electron chi connectivity index (χ2n) is 6.07. The van der Waals surface area contributed by atoms with E-state index in [4.69, 9.17) is 4.52 Å². The van der Waals surface area contributed by atoms with Gasteiger partial charge in [0.2, 0.25) is 0 Å². The Bertz CT molecular complexity index is 1140. The van der Waals surface area contributed by atoms with E-state index in [2.05, 4.69) is 5.16 Å². The molecule has 2 aromatic heterocycles. The number of carbonyl (C=O) groups is 1. The van der Waals surface area contributed by atoms with Crippen LogP contribution in [0.3, 0.4) is 0 Å².